The van der Waals surface area contributed by atoms with Gasteiger partial charge < -0.3 is 15.4 Å². The molecule has 0 aliphatic carbocycles. The van der Waals surface area contributed by atoms with E-state index in [1.165, 1.54) is 0 Å². The fourth-order valence-electron chi connectivity index (χ4n) is 2.72. The van der Waals surface area contributed by atoms with E-state index in [2.05, 4.69) is 11.0 Å². The number of primary amides is 1. The number of amides is 1. The van der Waals surface area contributed by atoms with Crippen molar-refractivity contribution >= 4 is 11.6 Å². The van der Waals surface area contributed by atoms with E-state index in [1.807, 2.05) is 17.9 Å². The molecule has 0 saturated carbocycles. The summed E-state index contributed by atoms with van der Waals surface area (Å²) in [5.74, 6) is 0.391. The van der Waals surface area contributed by atoms with Crippen molar-refractivity contribution in [2.24, 2.45) is 5.73 Å². The third-order valence-corrected chi connectivity index (χ3v) is 3.70. The molecule has 2 rings (SSSR count). The fourth-order valence-corrected chi connectivity index (χ4v) is 2.72. The van der Waals surface area contributed by atoms with Crippen LogP contribution in [0.5, 0.6) is 5.75 Å². The van der Waals surface area contributed by atoms with Gasteiger partial charge in [-0.25, -0.2) is 0 Å². The topological polar surface area (TPSA) is 82.6 Å². The largest absolute Gasteiger partial charge is 0.497 e. The van der Waals surface area contributed by atoms with Gasteiger partial charge in [0.25, 0.3) is 0 Å². The Balaban J connectivity index is 2.17. The van der Waals surface area contributed by atoms with Gasteiger partial charge in [-0.2, -0.15) is 5.26 Å². The molecule has 1 aliphatic rings. The zero-order chi connectivity index (χ0) is 15.4. The van der Waals surface area contributed by atoms with Crippen LogP contribution in [0.15, 0.2) is 12.1 Å². The van der Waals surface area contributed by atoms with E-state index in [1.54, 1.807) is 13.2 Å². The molecule has 1 amide bonds. The summed E-state index contributed by atoms with van der Waals surface area (Å²) in [6.07, 6.45) is 0. The molecule has 1 aromatic rings. The fraction of sp³-hybridized carbons (Fsp3) is 0.467. The Morgan fingerprint density at radius 2 is 2.05 bits per heavy atom. The van der Waals surface area contributed by atoms with Crippen LogP contribution in [0.25, 0.3) is 0 Å². The minimum atomic E-state index is -0.304. The molecule has 0 spiro atoms. The lowest BCUT2D eigenvalue weighted by Crippen LogP contribution is -2.49. The molecular weight excluding hydrogens is 268 g/mol. The Bertz CT molecular complexity index is 572. The Morgan fingerprint density at radius 3 is 2.57 bits per heavy atom. The maximum atomic E-state index is 11.0. The zero-order valence-corrected chi connectivity index (χ0v) is 12.4. The molecule has 6 heteroatoms. The number of aryl methyl sites for hydroxylation is 1. The lowest BCUT2D eigenvalue weighted by molar-refractivity contribution is -0.119. The van der Waals surface area contributed by atoms with Gasteiger partial charge in [0.15, 0.2) is 0 Å². The van der Waals surface area contributed by atoms with Crippen molar-refractivity contribution in [2.45, 2.75) is 6.92 Å². The number of carbonyl (C=O) groups excluding carboxylic acids is 1. The molecule has 0 atom stereocenters. The summed E-state index contributed by atoms with van der Waals surface area (Å²) in [6.45, 7) is 5.35. The Hall–Kier alpha value is -2.26. The van der Waals surface area contributed by atoms with Crippen LogP contribution in [-0.2, 0) is 4.79 Å². The second kappa shape index (κ2) is 6.46. The number of hydrogen-bond donors (Lipinski definition) is 1. The number of nitriles is 1. The standard InChI is InChI=1S/C15H20N4O2/c1-11-7-13(21-2)8-12(9-16)15(11)19-5-3-18(4-6-19)10-14(17)20/h7-8H,3-6,10H2,1-2H3,(H2,17,20). The van der Waals surface area contributed by atoms with E-state index in [0.717, 1.165) is 37.4 Å². The number of anilines is 1. The summed E-state index contributed by atoms with van der Waals surface area (Å²) in [5.41, 5.74) is 7.82. The number of carbonyl (C=O) groups is 1. The maximum Gasteiger partial charge on any atom is 0.231 e. The number of rotatable bonds is 4. The first-order valence-electron chi connectivity index (χ1n) is 6.89. The first kappa shape index (κ1) is 15.1. The number of methoxy groups -OCH3 is 1. The molecule has 1 heterocycles. The predicted molar refractivity (Wildman–Crippen MR) is 80.3 cm³/mol. The normalized spacial score (nSPS) is 15.6. The van der Waals surface area contributed by atoms with Crippen molar-refractivity contribution < 1.29 is 9.53 Å². The molecule has 1 aliphatic heterocycles. The lowest BCUT2D eigenvalue weighted by Gasteiger charge is -2.36. The minimum absolute atomic E-state index is 0.292. The highest BCUT2D eigenvalue weighted by atomic mass is 16.5. The number of hydrogen-bond acceptors (Lipinski definition) is 5. The van der Waals surface area contributed by atoms with Gasteiger partial charge in [-0.05, 0) is 24.6 Å². The number of benzene rings is 1. The first-order chi connectivity index (χ1) is 10.0. The van der Waals surface area contributed by atoms with Crippen molar-refractivity contribution in [2.75, 3.05) is 44.7 Å². The Labute approximate surface area is 124 Å². The molecular formula is C15H20N4O2. The summed E-state index contributed by atoms with van der Waals surface area (Å²) in [4.78, 5) is 15.2. The highest BCUT2D eigenvalue weighted by Crippen LogP contribution is 2.30. The van der Waals surface area contributed by atoms with Gasteiger partial charge in [0, 0.05) is 26.2 Å². The average Bonchev–Trinajstić information content (AvgIpc) is 2.46. The van der Waals surface area contributed by atoms with E-state index in [-0.39, 0.29) is 5.91 Å². The third kappa shape index (κ3) is 3.44. The highest BCUT2D eigenvalue weighted by molar-refractivity contribution is 5.76. The van der Waals surface area contributed by atoms with Crippen molar-refractivity contribution in [3.63, 3.8) is 0 Å². The highest BCUT2D eigenvalue weighted by Gasteiger charge is 2.22. The van der Waals surface area contributed by atoms with Gasteiger partial charge in [-0.15, -0.1) is 0 Å². The van der Waals surface area contributed by atoms with E-state index in [9.17, 15) is 10.1 Å². The van der Waals surface area contributed by atoms with Gasteiger partial charge in [0.05, 0.1) is 24.9 Å². The average molecular weight is 288 g/mol. The van der Waals surface area contributed by atoms with Crippen LogP contribution in [0.4, 0.5) is 5.69 Å². The number of ether oxygens (including phenoxy) is 1. The van der Waals surface area contributed by atoms with Gasteiger partial charge in [-0.3, -0.25) is 9.69 Å². The van der Waals surface area contributed by atoms with E-state index >= 15 is 0 Å². The second-order valence-electron chi connectivity index (χ2n) is 5.18. The van der Waals surface area contributed by atoms with Crippen LogP contribution in [0.3, 0.4) is 0 Å². The molecule has 0 radical (unpaired) electrons. The second-order valence-corrected chi connectivity index (χ2v) is 5.18. The monoisotopic (exact) mass is 288 g/mol. The molecule has 112 valence electrons. The Kier molecular flexibility index (Phi) is 4.66. The van der Waals surface area contributed by atoms with E-state index < -0.39 is 0 Å². The van der Waals surface area contributed by atoms with Crippen LogP contribution in [-0.4, -0.2) is 50.6 Å². The van der Waals surface area contributed by atoms with Crippen LogP contribution in [0.1, 0.15) is 11.1 Å². The molecule has 1 fully saturated rings. The number of nitrogens with two attached hydrogens (primary N) is 1. The molecule has 0 bridgehead atoms. The first-order valence-corrected chi connectivity index (χ1v) is 6.89. The van der Waals surface area contributed by atoms with Gasteiger partial charge in [0.1, 0.15) is 11.8 Å². The smallest absolute Gasteiger partial charge is 0.231 e. The van der Waals surface area contributed by atoms with Crippen LogP contribution >= 0.6 is 0 Å². The number of nitrogens with zero attached hydrogens (tertiary/aromatic N) is 3. The summed E-state index contributed by atoms with van der Waals surface area (Å²) in [7, 11) is 1.60. The van der Waals surface area contributed by atoms with Crippen molar-refractivity contribution in [3.8, 4) is 11.8 Å². The van der Waals surface area contributed by atoms with Crippen molar-refractivity contribution in [3.05, 3.63) is 23.3 Å². The predicted octanol–water partition coefficient (Wildman–Crippen LogP) is 0.483. The quantitative estimate of drug-likeness (QED) is 0.871. The summed E-state index contributed by atoms with van der Waals surface area (Å²) in [5, 5.41) is 9.36. The van der Waals surface area contributed by atoms with Crippen LogP contribution < -0.4 is 15.4 Å². The zero-order valence-electron chi connectivity index (χ0n) is 12.4. The lowest BCUT2D eigenvalue weighted by atomic mass is 10.1. The van der Waals surface area contributed by atoms with Crippen molar-refractivity contribution in [1.82, 2.24) is 4.90 Å². The van der Waals surface area contributed by atoms with Gasteiger partial charge in [-0.1, -0.05) is 0 Å². The van der Waals surface area contributed by atoms with Gasteiger partial charge >= 0.3 is 0 Å². The molecule has 6 nitrogen and oxygen atoms in total. The minimum Gasteiger partial charge on any atom is -0.497 e. The molecule has 21 heavy (non-hydrogen) atoms. The molecule has 2 N–H and O–H groups in total. The Morgan fingerprint density at radius 1 is 1.38 bits per heavy atom. The molecule has 1 saturated heterocycles. The van der Waals surface area contributed by atoms with Crippen LogP contribution in [0.2, 0.25) is 0 Å². The maximum absolute atomic E-state index is 11.0. The summed E-state index contributed by atoms with van der Waals surface area (Å²) in [6, 6.07) is 5.94. The van der Waals surface area contributed by atoms with E-state index in [4.69, 9.17) is 10.5 Å². The molecule has 0 unspecified atom stereocenters. The molecule has 0 aromatic heterocycles. The summed E-state index contributed by atoms with van der Waals surface area (Å²) >= 11 is 0. The SMILES string of the molecule is COc1cc(C)c(N2CCN(CC(N)=O)CC2)c(C#N)c1. The van der Waals surface area contributed by atoms with Crippen LogP contribution in [0, 0.1) is 18.3 Å². The number of piperazine rings is 1. The summed E-state index contributed by atoms with van der Waals surface area (Å²) < 4.78 is 5.21. The van der Waals surface area contributed by atoms with Crippen molar-refractivity contribution in [1.29, 1.82) is 5.26 Å². The third-order valence-electron chi connectivity index (χ3n) is 3.70. The molecule has 1 aromatic carbocycles. The van der Waals surface area contributed by atoms with E-state index in [0.29, 0.717) is 17.9 Å². The van der Waals surface area contributed by atoms with Gasteiger partial charge in [0.2, 0.25) is 5.91 Å².